The van der Waals surface area contributed by atoms with Gasteiger partial charge in [-0.3, -0.25) is 9.59 Å². The number of thiazole rings is 1. The molecule has 20 heavy (non-hydrogen) atoms. The second kappa shape index (κ2) is 8.68. The van der Waals surface area contributed by atoms with Crippen molar-refractivity contribution in [1.29, 1.82) is 0 Å². The van der Waals surface area contributed by atoms with E-state index in [4.69, 9.17) is 5.11 Å². The Balaban J connectivity index is 2.15. The van der Waals surface area contributed by atoms with Crippen LogP contribution in [0.2, 0.25) is 0 Å². The maximum atomic E-state index is 11.8. The van der Waals surface area contributed by atoms with Gasteiger partial charge in [-0.25, -0.2) is 4.98 Å². The number of amides is 1. The van der Waals surface area contributed by atoms with Crippen LogP contribution < -0.4 is 5.32 Å². The minimum absolute atomic E-state index is 0.0695. The van der Waals surface area contributed by atoms with Gasteiger partial charge in [0.25, 0.3) is 5.91 Å². The summed E-state index contributed by atoms with van der Waals surface area (Å²) in [6.07, 6.45) is 5.26. The lowest BCUT2D eigenvalue weighted by Gasteiger charge is -2.03. The summed E-state index contributed by atoms with van der Waals surface area (Å²) in [5, 5.41) is 12.3. The molecule has 0 aromatic carbocycles. The van der Waals surface area contributed by atoms with E-state index in [0.717, 1.165) is 24.3 Å². The largest absolute Gasteiger partial charge is 0.481 e. The average molecular weight is 298 g/mol. The predicted octanol–water partition coefficient (Wildman–Crippen LogP) is 3.03. The molecule has 0 aliphatic carbocycles. The third-order valence-electron chi connectivity index (χ3n) is 2.84. The van der Waals surface area contributed by atoms with E-state index in [1.165, 1.54) is 11.3 Å². The number of unbranched alkanes of at least 4 members (excludes halogenated alkanes) is 3. The first-order valence-corrected chi connectivity index (χ1v) is 7.78. The number of aromatic nitrogens is 1. The molecule has 112 valence electrons. The number of hydrogen-bond acceptors (Lipinski definition) is 4. The van der Waals surface area contributed by atoms with Crippen molar-refractivity contribution >= 4 is 23.2 Å². The zero-order valence-electron chi connectivity index (χ0n) is 12.0. The van der Waals surface area contributed by atoms with Crippen molar-refractivity contribution in [1.82, 2.24) is 10.3 Å². The summed E-state index contributed by atoms with van der Waals surface area (Å²) in [7, 11) is 0. The summed E-state index contributed by atoms with van der Waals surface area (Å²) in [5.74, 6) is -0.472. The maximum absolute atomic E-state index is 11.8. The molecule has 0 fully saturated rings. The van der Waals surface area contributed by atoms with Crippen molar-refractivity contribution in [2.45, 2.75) is 51.9 Å². The highest BCUT2D eigenvalue weighted by Gasteiger charge is 2.11. The Kier molecular flexibility index (Phi) is 7.22. The predicted molar refractivity (Wildman–Crippen MR) is 79.3 cm³/mol. The molecule has 0 bridgehead atoms. The molecule has 0 atom stereocenters. The standard InChI is InChI=1S/C14H22N2O3S/c1-10(2)14-16-9-11(20-14)13(19)15-8-6-4-3-5-7-12(17)18/h9-10H,3-8H2,1-2H3,(H,15,19)(H,17,18). The molecule has 1 heterocycles. The fraction of sp³-hybridized carbons (Fsp3) is 0.643. The van der Waals surface area contributed by atoms with Crippen LogP contribution in [0, 0.1) is 0 Å². The quantitative estimate of drug-likeness (QED) is 0.687. The highest BCUT2D eigenvalue weighted by molar-refractivity contribution is 7.13. The Hall–Kier alpha value is -1.43. The van der Waals surface area contributed by atoms with Crippen LogP contribution in [-0.2, 0) is 4.79 Å². The minimum atomic E-state index is -0.746. The number of carbonyl (C=O) groups excluding carboxylic acids is 1. The molecule has 0 radical (unpaired) electrons. The summed E-state index contributed by atoms with van der Waals surface area (Å²) in [6.45, 7) is 4.73. The number of nitrogens with zero attached hydrogens (tertiary/aromatic N) is 1. The van der Waals surface area contributed by atoms with Crippen molar-refractivity contribution in [2.24, 2.45) is 0 Å². The molecule has 1 amide bonds. The lowest BCUT2D eigenvalue weighted by Crippen LogP contribution is -2.23. The van der Waals surface area contributed by atoms with Gasteiger partial charge in [-0.2, -0.15) is 0 Å². The third-order valence-corrected chi connectivity index (χ3v) is 4.14. The summed E-state index contributed by atoms with van der Waals surface area (Å²) < 4.78 is 0. The molecular formula is C14H22N2O3S. The summed E-state index contributed by atoms with van der Waals surface area (Å²) in [5.41, 5.74) is 0. The van der Waals surface area contributed by atoms with E-state index >= 15 is 0 Å². The Morgan fingerprint density at radius 2 is 2.00 bits per heavy atom. The van der Waals surface area contributed by atoms with Gasteiger partial charge in [0.05, 0.1) is 11.2 Å². The highest BCUT2D eigenvalue weighted by atomic mass is 32.1. The smallest absolute Gasteiger partial charge is 0.303 e. The van der Waals surface area contributed by atoms with Crippen LogP contribution in [0.25, 0.3) is 0 Å². The molecule has 0 saturated heterocycles. The molecule has 0 spiro atoms. The van der Waals surface area contributed by atoms with Crippen molar-refractivity contribution in [3.05, 3.63) is 16.1 Å². The number of carboxylic acid groups (broad SMARTS) is 1. The number of carbonyl (C=O) groups is 2. The molecular weight excluding hydrogens is 276 g/mol. The van der Waals surface area contributed by atoms with Gasteiger partial charge in [-0.1, -0.05) is 26.7 Å². The summed E-state index contributed by atoms with van der Waals surface area (Å²) >= 11 is 1.44. The zero-order valence-corrected chi connectivity index (χ0v) is 12.8. The van der Waals surface area contributed by atoms with Gasteiger partial charge < -0.3 is 10.4 Å². The van der Waals surface area contributed by atoms with Crippen molar-refractivity contribution in [3.63, 3.8) is 0 Å². The van der Waals surface area contributed by atoms with E-state index in [1.807, 2.05) is 0 Å². The number of hydrogen-bond donors (Lipinski definition) is 2. The van der Waals surface area contributed by atoms with Crippen LogP contribution in [0.5, 0.6) is 0 Å². The topological polar surface area (TPSA) is 79.3 Å². The number of rotatable bonds is 9. The number of aliphatic carboxylic acids is 1. The second-order valence-electron chi connectivity index (χ2n) is 5.03. The zero-order chi connectivity index (χ0) is 15.0. The minimum Gasteiger partial charge on any atom is -0.481 e. The van der Waals surface area contributed by atoms with Crippen LogP contribution in [0.1, 0.15) is 66.5 Å². The maximum Gasteiger partial charge on any atom is 0.303 e. The molecule has 0 aliphatic rings. The SMILES string of the molecule is CC(C)c1ncc(C(=O)NCCCCCCC(=O)O)s1. The van der Waals surface area contributed by atoms with E-state index in [1.54, 1.807) is 6.20 Å². The first-order chi connectivity index (χ1) is 9.50. The van der Waals surface area contributed by atoms with E-state index in [0.29, 0.717) is 23.8 Å². The van der Waals surface area contributed by atoms with Gasteiger partial charge >= 0.3 is 5.97 Å². The molecule has 2 N–H and O–H groups in total. The van der Waals surface area contributed by atoms with E-state index in [-0.39, 0.29) is 12.3 Å². The van der Waals surface area contributed by atoms with Gasteiger partial charge in [-0.15, -0.1) is 11.3 Å². The highest BCUT2D eigenvalue weighted by Crippen LogP contribution is 2.20. The Morgan fingerprint density at radius 1 is 1.30 bits per heavy atom. The number of nitrogens with one attached hydrogen (secondary N) is 1. The van der Waals surface area contributed by atoms with Crippen LogP contribution >= 0.6 is 11.3 Å². The van der Waals surface area contributed by atoms with Crippen LogP contribution in [0.15, 0.2) is 6.20 Å². The normalized spacial score (nSPS) is 10.8. The molecule has 0 aliphatic heterocycles. The fourth-order valence-electron chi connectivity index (χ4n) is 1.70. The Morgan fingerprint density at radius 3 is 2.60 bits per heavy atom. The van der Waals surface area contributed by atoms with Crippen molar-refractivity contribution in [3.8, 4) is 0 Å². The van der Waals surface area contributed by atoms with Crippen molar-refractivity contribution < 1.29 is 14.7 Å². The summed E-state index contributed by atoms with van der Waals surface area (Å²) in [4.78, 5) is 27.0. The van der Waals surface area contributed by atoms with Crippen LogP contribution in [0.3, 0.4) is 0 Å². The van der Waals surface area contributed by atoms with Crippen LogP contribution in [0.4, 0.5) is 0 Å². The average Bonchev–Trinajstić information content (AvgIpc) is 2.86. The van der Waals surface area contributed by atoms with Crippen molar-refractivity contribution in [2.75, 3.05) is 6.54 Å². The lowest BCUT2D eigenvalue weighted by molar-refractivity contribution is -0.137. The van der Waals surface area contributed by atoms with E-state index in [2.05, 4.69) is 24.1 Å². The molecule has 0 saturated carbocycles. The second-order valence-corrected chi connectivity index (χ2v) is 6.09. The van der Waals surface area contributed by atoms with Gasteiger partial charge in [0.1, 0.15) is 4.88 Å². The van der Waals surface area contributed by atoms with Gasteiger partial charge in [0, 0.05) is 18.9 Å². The lowest BCUT2D eigenvalue weighted by atomic mass is 10.1. The van der Waals surface area contributed by atoms with E-state index < -0.39 is 5.97 Å². The molecule has 0 unspecified atom stereocenters. The Labute approximate surface area is 123 Å². The van der Waals surface area contributed by atoms with E-state index in [9.17, 15) is 9.59 Å². The monoisotopic (exact) mass is 298 g/mol. The molecule has 6 heteroatoms. The molecule has 1 aromatic heterocycles. The van der Waals surface area contributed by atoms with Crippen LogP contribution in [-0.4, -0.2) is 28.5 Å². The van der Waals surface area contributed by atoms with Gasteiger partial charge in [0.2, 0.25) is 0 Å². The molecule has 1 rings (SSSR count). The number of carboxylic acids is 1. The Bertz CT molecular complexity index is 443. The first-order valence-electron chi connectivity index (χ1n) is 6.96. The first kappa shape index (κ1) is 16.6. The fourth-order valence-corrected chi connectivity index (χ4v) is 2.54. The third kappa shape index (κ3) is 6.14. The van der Waals surface area contributed by atoms with Gasteiger partial charge in [0.15, 0.2) is 0 Å². The summed E-state index contributed by atoms with van der Waals surface area (Å²) in [6, 6.07) is 0. The molecule has 5 nitrogen and oxygen atoms in total. The molecule has 1 aromatic rings. The van der Waals surface area contributed by atoms with Gasteiger partial charge in [-0.05, 0) is 12.8 Å².